The summed E-state index contributed by atoms with van der Waals surface area (Å²) >= 11 is 1.74. The number of carbonyl (C=O) groups excluding carboxylic acids is 1. The van der Waals surface area contributed by atoms with Crippen LogP contribution in [0.1, 0.15) is 13.3 Å². The highest BCUT2D eigenvalue weighted by molar-refractivity contribution is 7.99. The average Bonchev–Trinajstić information content (AvgIpc) is 2.59. The van der Waals surface area contributed by atoms with Gasteiger partial charge in [0.05, 0.1) is 5.69 Å². The molecule has 0 aliphatic rings. The minimum Gasteiger partial charge on any atom is -0.382 e. The summed E-state index contributed by atoms with van der Waals surface area (Å²) in [6.07, 6.45) is -0.628. The predicted molar refractivity (Wildman–Crippen MR) is 97.3 cm³/mol. The van der Waals surface area contributed by atoms with Gasteiger partial charge in [-0.2, -0.15) is 11.8 Å². The Bertz CT molecular complexity index is 645. The number of hydrazine groups is 1. The molecule has 0 fully saturated rings. The van der Waals surface area contributed by atoms with Crippen molar-refractivity contribution in [3.63, 3.8) is 0 Å². The Morgan fingerprint density at radius 3 is 2.78 bits per heavy atom. The fourth-order valence-electron chi connectivity index (χ4n) is 2.25. The van der Waals surface area contributed by atoms with Gasteiger partial charge in [-0.1, -0.05) is 43.3 Å². The zero-order valence-corrected chi connectivity index (χ0v) is 14.0. The number of hydrogen-bond donors (Lipinski definition) is 4. The zero-order valence-electron chi connectivity index (χ0n) is 13.2. The van der Waals surface area contributed by atoms with Crippen molar-refractivity contribution in [1.82, 2.24) is 5.43 Å². The largest absolute Gasteiger partial charge is 0.382 e. The van der Waals surface area contributed by atoms with E-state index in [9.17, 15) is 9.90 Å². The number of fused-ring (bicyclic) bond motifs is 1. The number of benzene rings is 2. The van der Waals surface area contributed by atoms with Gasteiger partial charge in [-0.25, -0.2) is 0 Å². The van der Waals surface area contributed by atoms with E-state index in [0.29, 0.717) is 6.42 Å². The highest BCUT2D eigenvalue weighted by Crippen LogP contribution is 2.22. The molecule has 2 atom stereocenters. The summed E-state index contributed by atoms with van der Waals surface area (Å²) in [4.78, 5) is 12.0. The van der Waals surface area contributed by atoms with Crippen molar-refractivity contribution in [1.29, 1.82) is 0 Å². The van der Waals surface area contributed by atoms with E-state index in [4.69, 9.17) is 5.73 Å². The molecule has 0 aliphatic carbocycles. The first-order valence-corrected chi connectivity index (χ1v) is 8.84. The molecule has 2 aromatic carbocycles. The minimum absolute atomic E-state index is 0.521. The van der Waals surface area contributed by atoms with Crippen molar-refractivity contribution in [3.8, 4) is 0 Å². The van der Waals surface area contributed by atoms with Gasteiger partial charge in [0.15, 0.2) is 0 Å². The molecule has 5 nitrogen and oxygen atoms in total. The van der Waals surface area contributed by atoms with Crippen LogP contribution in [0.25, 0.3) is 10.8 Å². The van der Waals surface area contributed by atoms with Crippen LogP contribution >= 0.6 is 11.8 Å². The van der Waals surface area contributed by atoms with E-state index >= 15 is 0 Å². The zero-order chi connectivity index (χ0) is 16.7. The Labute approximate surface area is 140 Å². The maximum atomic E-state index is 12.0. The quantitative estimate of drug-likeness (QED) is 0.439. The second-order valence-electron chi connectivity index (χ2n) is 5.24. The van der Waals surface area contributed by atoms with E-state index < -0.39 is 18.1 Å². The van der Waals surface area contributed by atoms with Crippen LogP contribution in [-0.4, -0.2) is 34.7 Å². The van der Waals surface area contributed by atoms with Crippen LogP contribution in [0.5, 0.6) is 0 Å². The molecule has 2 aromatic rings. The Hall–Kier alpha value is -1.76. The Morgan fingerprint density at radius 2 is 2.00 bits per heavy atom. The smallest absolute Gasteiger partial charge is 0.268 e. The van der Waals surface area contributed by atoms with Gasteiger partial charge in [0.1, 0.15) is 6.10 Å². The Kier molecular flexibility index (Phi) is 6.70. The summed E-state index contributed by atoms with van der Waals surface area (Å²) in [5.74, 6) is 1.31. The molecule has 2 rings (SSSR count). The number of rotatable bonds is 8. The van der Waals surface area contributed by atoms with Gasteiger partial charge >= 0.3 is 0 Å². The predicted octanol–water partition coefficient (Wildman–Crippen LogP) is 2.11. The van der Waals surface area contributed by atoms with Gasteiger partial charge in [0, 0.05) is 11.4 Å². The molecule has 0 heterocycles. The summed E-state index contributed by atoms with van der Waals surface area (Å²) in [6.45, 7) is 2.06. The number of aliphatic hydroxyl groups excluding tert-OH is 1. The first kappa shape index (κ1) is 17.6. The fourth-order valence-corrected chi connectivity index (χ4v) is 2.98. The van der Waals surface area contributed by atoms with Gasteiger partial charge < -0.3 is 10.8 Å². The summed E-state index contributed by atoms with van der Waals surface area (Å²) in [6, 6.07) is 13.1. The first-order chi connectivity index (χ1) is 11.1. The molecule has 0 aliphatic heterocycles. The third kappa shape index (κ3) is 4.86. The fraction of sp³-hybridized carbons (Fsp3) is 0.353. The van der Waals surface area contributed by atoms with Crippen LogP contribution in [-0.2, 0) is 4.79 Å². The molecule has 0 bridgehead atoms. The van der Waals surface area contributed by atoms with Crippen LogP contribution in [0.3, 0.4) is 0 Å². The molecule has 0 radical (unpaired) electrons. The third-order valence-electron chi connectivity index (χ3n) is 3.58. The number of hydrogen-bond acceptors (Lipinski definition) is 5. The number of aliphatic hydroxyl groups is 1. The van der Waals surface area contributed by atoms with Gasteiger partial charge in [-0.3, -0.25) is 15.6 Å². The third-order valence-corrected chi connectivity index (χ3v) is 4.52. The molecule has 23 heavy (non-hydrogen) atoms. The first-order valence-electron chi connectivity index (χ1n) is 7.68. The summed E-state index contributed by atoms with van der Waals surface area (Å²) < 4.78 is 0. The standard InChI is InChI=1S/C17H23N3O2S/c1-2-23-11-10-14(18)16(21)17(22)20-19-15-9-5-7-12-6-3-4-8-13(12)15/h3-9,14,16,19,21H,2,10-11,18H2,1H3,(H,20,22)/t14-,16?/m1/s1. The SMILES string of the molecule is CCSCC[C@@H](N)C(O)C(=O)NNc1cccc2ccccc12. The number of carbonyl (C=O) groups is 1. The van der Waals surface area contributed by atoms with Crippen molar-refractivity contribution in [2.75, 3.05) is 16.9 Å². The van der Waals surface area contributed by atoms with E-state index in [-0.39, 0.29) is 0 Å². The van der Waals surface area contributed by atoms with Crippen molar-refractivity contribution in [3.05, 3.63) is 42.5 Å². The second kappa shape index (κ2) is 8.76. The van der Waals surface area contributed by atoms with Gasteiger partial charge in [-0.15, -0.1) is 0 Å². The van der Waals surface area contributed by atoms with Gasteiger partial charge in [0.25, 0.3) is 5.91 Å². The van der Waals surface area contributed by atoms with Crippen LogP contribution in [0.15, 0.2) is 42.5 Å². The normalized spacial score (nSPS) is 13.5. The molecular formula is C17H23N3O2S. The van der Waals surface area contributed by atoms with Crippen LogP contribution in [0.2, 0.25) is 0 Å². The highest BCUT2D eigenvalue weighted by Gasteiger charge is 2.22. The summed E-state index contributed by atoms with van der Waals surface area (Å²) in [5, 5.41) is 12.1. The number of thioether (sulfide) groups is 1. The Balaban J connectivity index is 1.92. The van der Waals surface area contributed by atoms with Gasteiger partial charge in [0.2, 0.25) is 0 Å². The molecule has 0 aromatic heterocycles. The molecule has 124 valence electrons. The van der Waals surface area contributed by atoms with Crippen LogP contribution in [0, 0.1) is 0 Å². The molecule has 1 amide bonds. The van der Waals surface area contributed by atoms with Crippen molar-refractivity contribution in [2.24, 2.45) is 5.73 Å². The van der Waals surface area contributed by atoms with E-state index in [1.54, 1.807) is 11.8 Å². The van der Waals surface area contributed by atoms with Crippen molar-refractivity contribution < 1.29 is 9.90 Å². The lowest BCUT2D eigenvalue weighted by Crippen LogP contribution is -2.48. The number of nitrogens with two attached hydrogens (primary N) is 1. The number of nitrogens with one attached hydrogen (secondary N) is 2. The lowest BCUT2D eigenvalue weighted by atomic mass is 10.1. The lowest BCUT2D eigenvalue weighted by molar-refractivity contribution is -0.129. The van der Waals surface area contributed by atoms with Gasteiger partial charge in [-0.05, 0) is 29.4 Å². The molecule has 0 saturated heterocycles. The van der Waals surface area contributed by atoms with Crippen molar-refractivity contribution in [2.45, 2.75) is 25.5 Å². The van der Waals surface area contributed by atoms with Crippen LogP contribution in [0.4, 0.5) is 5.69 Å². The monoisotopic (exact) mass is 333 g/mol. The molecule has 0 saturated carbocycles. The number of anilines is 1. The summed E-state index contributed by atoms with van der Waals surface area (Å²) in [7, 11) is 0. The average molecular weight is 333 g/mol. The maximum absolute atomic E-state index is 12.0. The van der Waals surface area contributed by atoms with E-state index in [1.165, 1.54) is 0 Å². The van der Waals surface area contributed by atoms with Crippen molar-refractivity contribution >= 4 is 34.1 Å². The molecular weight excluding hydrogens is 310 g/mol. The molecule has 0 spiro atoms. The van der Waals surface area contributed by atoms with Crippen LogP contribution < -0.4 is 16.6 Å². The molecule has 5 N–H and O–H groups in total. The Morgan fingerprint density at radius 1 is 1.26 bits per heavy atom. The maximum Gasteiger partial charge on any atom is 0.268 e. The van der Waals surface area contributed by atoms with E-state index in [1.807, 2.05) is 42.5 Å². The summed E-state index contributed by atoms with van der Waals surface area (Å²) in [5.41, 5.74) is 12.0. The molecule has 6 heteroatoms. The number of amides is 1. The lowest BCUT2D eigenvalue weighted by Gasteiger charge is -2.19. The highest BCUT2D eigenvalue weighted by atomic mass is 32.2. The van der Waals surface area contributed by atoms with E-state index in [2.05, 4.69) is 17.8 Å². The minimum atomic E-state index is -1.23. The molecule has 1 unspecified atom stereocenters. The second-order valence-corrected chi connectivity index (χ2v) is 6.63. The topological polar surface area (TPSA) is 87.4 Å². The van der Waals surface area contributed by atoms with E-state index in [0.717, 1.165) is 28.0 Å².